The monoisotopic (exact) mass is 267 g/mol. The Hall–Kier alpha value is -1.06. The van der Waals surface area contributed by atoms with Gasteiger partial charge in [0.15, 0.2) is 0 Å². The molecule has 0 N–H and O–H groups in total. The van der Waals surface area contributed by atoms with E-state index < -0.39 is 0 Å². The number of amides is 1. The highest BCUT2D eigenvalue weighted by molar-refractivity contribution is 6.30. The van der Waals surface area contributed by atoms with Crippen molar-refractivity contribution in [2.75, 3.05) is 13.7 Å². The van der Waals surface area contributed by atoms with Gasteiger partial charge in [-0.2, -0.15) is 0 Å². The molecule has 1 aliphatic rings. The highest BCUT2D eigenvalue weighted by Gasteiger charge is 2.35. The van der Waals surface area contributed by atoms with Crippen LogP contribution < -0.4 is 0 Å². The molecule has 3 nitrogen and oxygen atoms in total. The second kappa shape index (κ2) is 5.72. The first-order chi connectivity index (χ1) is 8.63. The highest BCUT2D eigenvalue weighted by Crippen LogP contribution is 2.34. The minimum absolute atomic E-state index is 0.0578. The van der Waals surface area contributed by atoms with Crippen molar-refractivity contribution in [2.45, 2.75) is 31.8 Å². The standard InChI is InChI=1S/C14H18ClNO2/c1-10(11-3-5-12(15)6-4-11)16(13-7-8-13)14(17)9-18-2/h3-6,10,13H,7-9H2,1-2H3. The quantitative estimate of drug-likeness (QED) is 0.821. The average Bonchev–Trinajstić information content (AvgIpc) is 3.15. The lowest BCUT2D eigenvalue weighted by Gasteiger charge is -2.29. The van der Waals surface area contributed by atoms with Crippen LogP contribution in [0.1, 0.15) is 31.4 Å². The number of carbonyl (C=O) groups excluding carboxylic acids is 1. The lowest BCUT2D eigenvalue weighted by Crippen LogP contribution is -2.37. The zero-order chi connectivity index (χ0) is 13.1. The number of halogens is 1. The van der Waals surface area contributed by atoms with Crippen molar-refractivity contribution in [1.82, 2.24) is 4.90 Å². The summed E-state index contributed by atoms with van der Waals surface area (Å²) >= 11 is 5.88. The lowest BCUT2D eigenvalue weighted by molar-refractivity contribution is -0.138. The molecule has 0 bridgehead atoms. The SMILES string of the molecule is COCC(=O)N(C1CC1)C(C)c1ccc(Cl)cc1. The Morgan fingerprint density at radius 3 is 2.56 bits per heavy atom. The van der Waals surface area contributed by atoms with Crippen molar-refractivity contribution in [2.24, 2.45) is 0 Å². The maximum absolute atomic E-state index is 12.1. The van der Waals surface area contributed by atoms with Crippen LogP contribution in [0.5, 0.6) is 0 Å². The molecule has 18 heavy (non-hydrogen) atoms. The van der Waals surface area contributed by atoms with E-state index in [4.69, 9.17) is 16.3 Å². The van der Waals surface area contributed by atoms with Crippen molar-refractivity contribution < 1.29 is 9.53 Å². The summed E-state index contributed by atoms with van der Waals surface area (Å²) in [4.78, 5) is 14.0. The number of hydrogen-bond donors (Lipinski definition) is 0. The summed E-state index contributed by atoms with van der Waals surface area (Å²) in [5.74, 6) is 0.0578. The molecule has 0 spiro atoms. The Balaban J connectivity index is 2.15. The molecular formula is C14H18ClNO2. The third kappa shape index (κ3) is 3.03. The first kappa shape index (κ1) is 13.4. The van der Waals surface area contributed by atoms with Crippen molar-refractivity contribution in [3.63, 3.8) is 0 Å². The van der Waals surface area contributed by atoms with Gasteiger partial charge in [-0.05, 0) is 37.5 Å². The third-order valence-electron chi connectivity index (χ3n) is 3.27. The Morgan fingerprint density at radius 2 is 2.06 bits per heavy atom. The van der Waals surface area contributed by atoms with Crippen LogP contribution in [0.15, 0.2) is 24.3 Å². The van der Waals surface area contributed by atoms with E-state index in [1.807, 2.05) is 29.2 Å². The highest BCUT2D eigenvalue weighted by atomic mass is 35.5. The fourth-order valence-corrected chi connectivity index (χ4v) is 2.31. The number of nitrogens with zero attached hydrogens (tertiary/aromatic N) is 1. The van der Waals surface area contributed by atoms with Crippen molar-refractivity contribution in [3.05, 3.63) is 34.9 Å². The number of rotatable bonds is 5. The van der Waals surface area contributed by atoms with E-state index >= 15 is 0 Å². The first-order valence-electron chi connectivity index (χ1n) is 6.19. The van der Waals surface area contributed by atoms with Crippen LogP contribution >= 0.6 is 11.6 Å². The summed E-state index contributed by atoms with van der Waals surface area (Å²) in [5.41, 5.74) is 1.11. The Morgan fingerprint density at radius 1 is 1.44 bits per heavy atom. The Kier molecular flexibility index (Phi) is 4.25. The number of ether oxygens (including phenoxy) is 1. The van der Waals surface area contributed by atoms with Crippen LogP contribution in [0.25, 0.3) is 0 Å². The molecule has 1 aromatic rings. The molecular weight excluding hydrogens is 250 g/mol. The molecule has 0 saturated heterocycles. The van der Waals surface area contributed by atoms with Crippen LogP contribution in [0.2, 0.25) is 5.02 Å². The number of benzene rings is 1. The van der Waals surface area contributed by atoms with E-state index in [9.17, 15) is 4.79 Å². The summed E-state index contributed by atoms with van der Waals surface area (Å²) in [6, 6.07) is 8.11. The van der Waals surface area contributed by atoms with Gasteiger partial charge in [-0.3, -0.25) is 4.79 Å². The summed E-state index contributed by atoms with van der Waals surface area (Å²) in [6.07, 6.45) is 2.18. The fraction of sp³-hybridized carbons (Fsp3) is 0.500. The van der Waals surface area contributed by atoms with Crippen LogP contribution in [0.3, 0.4) is 0 Å². The molecule has 1 fully saturated rings. The van der Waals surface area contributed by atoms with Crippen LogP contribution in [0.4, 0.5) is 0 Å². The van der Waals surface area contributed by atoms with Crippen LogP contribution in [-0.2, 0) is 9.53 Å². The normalized spacial score (nSPS) is 16.4. The van der Waals surface area contributed by atoms with Crippen molar-refractivity contribution in [3.8, 4) is 0 Å². The van der Waals surface area contributed by atoms with Crippen molar-refractivity contribution in [1.29, 1.82) is 0 Å². The molecule has 4 heteroatoms. The zero-order valence-electron chi connectivity index (χ0n) is 10.7. The maximum atomic E-state index is 12.1. The van der Waals surface area contributed by atoms with E-state index in [2.05, 4.69) is 6.92 Å². The number of methoxy groups -OCH3 is 1. The van der Waals surface area contributed by atoms with Crippen LogP contribution in [0, 0.1) is 0 Å². The molecule has 1 saturated carbocycles. The minimum atomic E-state index is 0.0578. The molecule has 2 rings (SSSR count). The fourth-order valence-electron chi connectivity index (χ4n) is 2.19. The molecule has 0 aromatic heterocycles. The summed E-state index contributed by atoms with van der Waals surface area (Å²) in [5, 5.41) is 0.715. The largest absolute Gasteiger partial charge is 0.375 e. The molecule has 1 amide bonds. The lowest BCUT2D eigenvalue weighted by atomic mass is 10.1. The van der Waals surface area contributed by atoms with E-state index in [0.717, 1.165) is 18.4 Å². The summed E-state index contributed by atoms with van der Waals surface area (Å²) < 4.78 is 4.96. The second-order valence-electron chi connectivity index (χ2n) is 4.69. The summed E-state index contributed by atoms with van der Waals surface area (Å²) in [7, 11) is 1.55. The molecule has 0 aliphatic heterocycles. The molecule has 1 aromatic carbocycles. The third-order valence-corrected chi connectivity index (χ3v) is 3.52. The molecule has 1 unspecified atom stereocenters. The Bertz CT molecular complexity index is 414. The van der Waals surface area contributed by atoms with E-state index in [1.165, 1.54) is 0 Å². The number of carbonyl (C=O) groups is 1. The van der Waals surface area contributed by atoms with Gasteiger partial charge in [-0.1, -0.05) is 23.7 Å². The van der Waals surface area contributed by atoms with Gasteiger partial charge in [0.25, 0.3) is 0 Å². The molecule has 98 valence electrons. The number of hydrogen-bond acceptors (Lipinski definition) is 2. The van der Waals surface area contributed by atoms with Gasteiger partial charge in [0.1, 0.15) is 6.61 Å². The van der Waals surface area contributed by atoms with E-state index in [1.54, 1.807) is 7.11 Å². The topological polar surface area (TPSA) is 29.5 Å². The maximum Gasteiger partial charge on any atom is 0.249 e. The van der Waals surface area contributed by atoms with Gasteiger partial charge in [-0.25, -0.2) is 0 Å². The van der Waals surface area contributed by atoms with Crippen molar-refractivity contribution >= 4 is 17.5 Å². The smallest absolute Gasteiger partial charge is 0.249 e. The predicted molar refractivity (Wildman–Crippen MR) is 71.6 cm³/mol. The zero-order valence-corrected chi connectivity index (χ0v) is 11.5. The summed E-state index contributed by atoms with van der Waals surface area (Å²) in [6.45, 7) is 2.20. The molecule has 0 radical (unpaired) electrons. The minimum Gasteiger partial charge on any atom is -0.375 e. The molecule has 0 heterocycles. The van der Waals surface area contributed by atoms with Gasteiger partial charge >= 0.3 is 0 Å². The van der Waals surface area contributed by atoms with E-state index in [0.29, 0.717) is 11.1 Å². The van der Waals surface area contributed by atoms with Gasteiger partial charge < -0.3 is 9.64 Å². The van der Waals surface area contributed by atoms with Gasteiger partial charge in [0.2, 0.25) is 5.91 Å². The molecule has 1 atom stereocenters. The predicted octanol–water partition coefficient (Wildman–Crippen LogP) is 3.04. The van der Waals surface area contributed by atoms with Gasteiger partial charge in [0, 0.05) is 18.2 Å². The van der Waals surface area contributed by atoms with Gasteiger partial charge in [0.05, 0.1) is 6.04 Å². The van der Waals surface area contributed by atoms with Gasteiger partial charge in [-0.15, -0.1) is 0 Å². The Labute approximate surface area is 113 Å². The molecule has 1 aliphatic carbocycles. The second-order valence-corrected chi connectivity index (χ2v) is 5.13. The van der Waals surface area contributed by atoms with E-state index in [-0.39, 0.29) is 18.6 Å². The first-order valence-corrected chi connectivity index (χ1v) is 6.57. The van der Waals surface area contributed by atoms with Crippen LogP contribution in [-0.4, -0.2) is 30.6 Å². The average molecular weight is 268 g/mol.